The van der Waals surface area contributed by atoms with Crippen molar-refractivity contribution in [2.75, 3.05) is 11.9 Å². The summed E-state index contributed by atoms with van der Waals surface area (Å²) in [6.07, 6.45) is 0. The molecule has 0 aliphatic rings. The summed E-state index contributed by atoms with van der Waals surface area (Å²) in [5.41, 5.74) is 5.73. The van der Waals surface area contributed by atoms with E-state index >= 15 is 0 Å². The number of alkyl halides is 2. The molecule has 0 spiro atoms. The molecule has 0 aliphatic heterocycles. The molecule has 4 nitrogen and oxygen atoms in total. The Morgan fingerprint density at radius 3 is 2.72 bits per heavy atom. The number of anilines is 1. The molecule has 7 heteroatoms. The van der Waals surface area contributed by atoms with E-state index in [1.54, 1.807) is 13.0 Å². The van der Waals surface area contributed by atoms with Crippen LogP contribution in [0.25, 0.3) is 0 Å². The molecule has 102 valence electrons. The fourth-order valence-electron chi connectivity index (χ4n) is 1.12. The van der Waals surface area contributed by atoms with Crippen LogP contribution in [0.1, 0.15) is 6.92 Å². The summed E-state index contributed by atoms with van der Waals surface area (Å²) in [4.78, 5) is 11.5. The zero-order valence-electron chi connectivity index (χ0n) is 9.73. The first-order chi connectivity index (χ1) is 8.02. The highest BCUT2D eigenvalue weighted by Crippen LogP contribution is 2.19. The van der Waals surface area contributed by atoms with Gasteiger partial charge in [0.15, 0.2) is 0 Å². The molecule has 0 aromatic heterocycles. The highest BCUT2D eigenvalue weighted by Gasteiger charge is 2.11. The highest BCUT2D eigenvalue weighted by atomic mass is 35.5. The van der Waals surface area contributed by atoms with Crippen LogP contribution in [0.5, 0.6) is 5.75 Å². The normalized spacial score (nSPS) is 11.6. The van der Waals surface area contributed by atoms with Gasteiger partial charge in [0.1, 0.15) is 5.75 Å². The Morgan fingerprint density at radius 1 is 1.50 bits per heavy atom. The molecule has 1 aromatic rings. The first-order valence-corrected chi connectivity index (χ1v) is 5.08. The van der Waals surface area contributed by atoms with Gasteiger partial charge in [-0.15, -0.1) is 12.4 Å². The lowest BCUT2D eigenvalue weighted by molar-refractivity contribution is -0.119. The number of carbonyl (C=O) groups is 1. The molecule has 0 saturated carbocycles. The molecule has 0 saturated heterocycles. The average Bonchev–Trinajstić information content (AvgIpc) is 2.27. The lowest BCUT2D eigenvalue weighted by Gasteiger charge is -2.11. The number of nitrogens with two attached hydrogens (primary N) is 1. The van der Waals surface area contributed by atoms with Crippen LogP contribution < -0.4 is 15.8 Å². The molecule has 1 atom stereocenters. The van der Waals surface area contributed by atoms with Gasteiger partial charge in [-0.3, -0.25) is 4.79 Å². The highest BCUT2D eigenvalue weighted by molar-refractivity contribution is 5.92. The van der Waals surface area contributed by atoms with Crippen LogP contribution >= 0.6 is 12.4 Å². The summed E-state index contributed by atoms with van der Waals surface area (Å²) >= 11 is 0. The fourth-order valence-corrected chi connectivity index (χ4v) is 1.12. The largest absolute Gasteiger partial charge is 0.435 e. The number of rotatable bonds is 5. The van der Waals surface area contributed by atoms with Crippen molar-refractivity contribution in [2.45, 2.75) is 13.5 Å². The lowest BCUT2D eigenvalue weighted by atomic mass is 10.1. The molecular formula is C11H15ClF2N2O2. The topological polar surface area (TPSA) is 64.4 Å². The zero-order chi connectivity index (χ0) is 12.8. The van der Waals surface area contributed by atoms with Gasteiger partial charge in [0.25, 0.3) is 0 Å². The fraction of sp³-hybridized carbons (Fsp3) is 0.364. The number of amides is 1. The summed E-state index contributed by atoms with van der Waals surface area (Å²) < 4.78 is 28.2. The van der Waals surface area contributed by atoms with Crippen molar-refractivity contribution >= 4 is 24.0 Å². The molecule has 1 amide bonds. The molecule has 0 radical (unpaired) electrons. The minimum absolute atomic E-state index is 0. The van der Waals surface area contributed by atoms with Gasteiger partial charge in [0, 0.05) is 24.2 Å². The summed E-state index contributed by atoms with van der Waals surface area (Å²) in [5.74, 6) is -0.602. The van der Waals surface area contributed by atoms with Crippen LogP contribution in [0.15, 0.2) is 24.3 Å². The van der Waals surface area contributed by atoms with E-state index in [0.29, 0.717) is 5.69 Å². The monoisotopic (exact) mass is 280 g/mol. The second kappa shape index (κ2) is 7.84. The van der Waals surface area contributed by atoms with E-state index in [1.807, 2.05) is 0 Å². The van der Waals surface area contributed by atoms with Gasteiger partial charge in [0.2, 0.25) is 5.91 Å². The zero-order valence-corrected chi connectivity index (χ0v) is 10.5. The molecule has 1 aromatic carbocycles. The van der Waals surface area contributed by atoms with E-state index in [9.17, 15) is 13.6 Å². The van der Waals surface area contributed by atoms with Gasteiger partial charge in [-0.1, -0.05) is 13.0 Å². The number of hydrogen-bond acceptors (Lipinski definition) is 3. The van der Waals surface area contributed by atoms with Crippen molar-refractivity contribution in [3.8, 4) is 5.75 Å². The quantitative estimate of drug-likeness (QED) is 0.869. The van der Waals surface area contributed by atoms with Crippen LogP contribution in [0, 0.1) is 5.92 Å². The third-order valence-electron chi connectivity index (χ3n) is 2.13. The molecular weight excluding hydrogens is 266 g/mol. The first kappa shape index (κ1) is 16.6. The molecule has 0 bridgehead atoms. The first-order valence-electron chi connectivity index (χ1n) is 5.08. The minimum Gasteiger partial charge on any atom is -0.435 e. The van der Waals surface area contributed by atoms with Crippen molar-refractivity contribution in [1.29, 1.82) is 0 Å². The van der Waals surface area contributed by atoms with Crippen molar-refractivity contribution in [3.63, 3.8) is 0 Å². The number of halogens is 3. The Labute approximate surface area is 110 Å². The standard InChI is InChI=1S/C11H14F2N2O2.ClH/c1-7(6-14)10(16)15-8-3-2-4-9(5-8)17-11(12)13;/h2-5,7,11H,6,14H2,1H3,(H,15,16);1H. The summed E-state index contributed by atoms with van der Waals surface area (Å²) in [6, 6.07) is 5.81. The molecule has 1 rings (SSSR count). The predicted molar refractivity (Wildman–Crippen MR) is 67.2 cm³/mol. The molecule has 1 unspecified atom stereocenters. The van der Waals surface area contributed by atoms with Crippen LogP contribution in [-0.2, 0) is 4.79 Å². The van der Waals surface area contributed by atoms with Gasteiger partial charge < -0.3 is 15.8 Å². The number of benzene rings is 1. The van der Waals surface area contributed by atoms with Gasteiger partial charge in [-0.2, -0.15) is 8.78 Å². The third kappa shape index (κ3) is 5.29. The maximum absolute atomic E-state index is 12.0. The van der Waals surface area contributed by atoms with E-state index in [2.05, 4.69) is 10.1 Å². The van der Waals surface area contributed by atoms with Crippen molar-refractivity contribution < 1.29 is 18.3 Å². The van der Waals surface area contributed by atoms with E-state index < -0.39 is 6.61 Å². The number of nitrogens with one attached hydrogen (secondary N) is 1. The summed E-state index contributed by atoms with van der Waals surface area (Å²) in [5, 5.41) is 2.56. The maximum Gasteiger partial charge on any atom is 0.387 e. The lowest BCUT2D eigenvalue weighted by Crippen LogP contribution is -2.26. The van der Waals surface area contributed by atoms with Crippen molar-refractivity contribution in [1.82, 2.24) is 0 Å². The Hall–Kier alpha value is -1.40. The van der Waals surface area contributed by atoms with Crippen LogP contribution in [0.2, 0.25) is 0 Å². The molecule has 3 N–H and O–H groups in total. The van der Waals surface area contributed by atoms with Gasteiger partial charge in [0.05, 0.1) is 0 Å². The van der Waals surface area contributed by atoms with E-state index in [0.717, 1.165) is 0 Å². The average molecular weight is 281 g/mol. The van der Waals surface area contributed by atoms with Crippen molar-refractivity contribution in [2.24, 2.45) is 11.7 Å². The van der Waals surface area contributed by atoms with E-state index in [-0.39, 0.29) is 36.5 Å². The Balaban J connectivity index is 0.00000289. The van der Waals surface area contributed by atoms with Crippen LogP contribution in [-0.4, -0.2) is 19.1 Å². The number of ether oxygens (including phenoxy) is 1. The smallest absolute Gasteiger partial charge is 0.387 e. The second-order valence-corrected chi connectivity index (χ2v) is 3.53. The van der Waals surface area contributed by atoms with Gasteiger partial charge >= 0.3 is 6.61 Å². The van der Waals surface area contributed by atoms with Gasteiger partial charge in [-0.05, 0) is 12.1 Å². The predicted octanol–water partition coefficient (Wildman–Crippen LogP) is 2.24. The summed E-state index contributed by atoms with van der Waals surface area (Å²) in [6.45, 7) is -0.989. The molecule has 0 heterocycles. The Morgan fingerprint density at radius 2 is 2.17 bits per heavy atom. The molecule has 18 heavy (non-hydrogen) atoms. The van der Waals surface area contributed by atoms with Crippen LogP contribution in [0.3, 0.4) is 0 Å². The van der Waals surface area contributed by atoms with E-state index in [1.165, 1.54) is 18.2 Å². The molecule has 0 fully saturated rings. The maximum atomic E-state index is 12.0. The third-order valence-corrected chi connectivity index (χ3v) is 2.13. The van der Waals surface area contributed by atoms with E-state index in [4.69, 9.17) is 5.73 Å². The Bertz CT molecular complexity index is 391. The number of hydrogen-bond donors (Lipinski definition) is 2. The summed E-state index contributed by atoms with van der Waals surface area (Å²) in [7, 11) is 0. The SMILES string of the molecule is CC(CN)C(=O)Nc1cccc(OC(F)F)c1.Cl. The second-order valence-electron chi connectivity index (χ2n) is 3.53. The number of carbonyl (C=O) groups excluding carboxylic acids is 1. The van der Waals surface area contributed by atoms with Crippen molar-refractivity contribution in [3.05, 3.63) is 24.3 Å². The Kier molecular flexibility index (Phi) is 7.23. The van der Waals surface area contributed by atoms with Gasteiger partial charge in [-0.25, -0.2) is 0 Å². The van der Waals surface area contributed by atoms with Crippen LogP contribution in [0.4, 0.5) is 14.5 Å². The molecule has 0 aliphatic carbocycles. The minimum atomic E-state index is -2.89.